The second-order valence-electron chi connectivity index (χ2n) is 4.47. The maximum Gasteiger partial charge on any atom is 0.140 e. The lowest BCUT2D eigenvalue weighted by Crippen LogP contribution is -2.24. The number of anilines is 1. The fraction of sp³-hybridized carbons (Fsp3) is 0.286. The molecule has 2 rings (SSSR count). The van der Waals surface area contributed by atoms with Crippen molar-refractivity contribution in [1.82, 2.24) is 9.97 Å². The van der Waals surface area contributed by atoms with E-state index < -0.39 is 0 Å². The first-order valence-electron chi connectivity index (χ1n) is 6.13. The Bertz CT molecular complexity index is 607. The largest absolute Gasteiger partial charge is 0.391 e. The minimum atomic E-state index is -0.207. The molecule has 0 saturated carbocycles. The van der Waals surface area contributed by atoms with E-state index in [0.717, 1.165) is 5.56 Å². The van der Waals surface area contributed by atoms with Crippen molar-refractivity contribution in [3.8, 4) is 0 Å². The highest BCUT2D eigenvalue weighted by molar-refractivity contribution is 6.30. The van der Waals surface area contributed by atoms with Gasteiger partial charge < -0.3 is 10.0 Å². The second kappa shape index (κ2) is 6.39. The van der Waals surface area contributed by atoms with Crippen LogP contribution in [0.15, 0.2) is 30.6 Å². The predicted molar refractivity (Wildman–Crippen MR) is 81.2 cm³/mol. The Kier molecular flexibility index (Phi) is 4.81. The van der Waals surface area contributed by atoms with Crippen LogP contribution in [0, 0.1) is 0 Å². The molecule has 0 aliphatic heterocycles. The molecule has 2 aromatic rings. The first-order valence-corrected chi connectivity index (χ1v) is 6.88. The van der Waals surface area contributed by atoms with Crippen molar-refractivity contribution in [3.63, 3.8) is 0 Å². The van der Waals surface area contributed by atoms with Crippen molar-refractivity contribution in [1.29, 1.82) is 0 Å². The summed E-state index contributed by atoms with van der Waals surface area (Å²) in [7, 11) is 1.89. The second-order valence-corrected chi connectivity index (χ2v) is 5.26. The molecule has 1 unspecified atom stereocenters. The minimum Gasteiger partial charge on any atom is -0.391 e. The van der Waals surface area contributed by atoms with Gasteiger partial charge >= 0.3 is 0 Å². The van der Waals surface area contributed by atoms with Crippen LogP contribution >= 0.6 is 23.2 Å². The Morgan fingerprint density at radius 2 is 2.05 bits per heavy atom. The number of aliphatic hydroxyl groups is 1. The molecular formula is C14H15Cl2N3O. The number of nitrogens with zero attached hydrogens (tertiary/aromatic N) is 3. The summed E-state index contributed by atoms with van der Waals surface area (Å²) < 4.78 is 0. The van der Waals surface area contributed by atoms with Crippen LogP contribution in [0.5, 0.6) is 0 Å². The van der Waals surface area contributed by atoms with Gasteiger partial charge in [0.1, 0.15) is 17.3 Å². The van der Waals surface area contributed by atoms with E-state index in [-0.39, 0.29) is 17.8 Å². The molecule has 4 nitrogen and oxygen atoms in total. The van der Waals surface area contributed by atoms with Gasteiger partial charge in [0.05, 0.1) is 18.2 Å². The molecule has 0 aliphatic carbocycles. The minimum absolute atomic E-state index is 0.0324. The number of aromatic nitrogens is 2. The van der Waals surface area contributed by atoms with Crippen LogP contribution in [0.3, 0.4) is 0 Å². The summed E-state index contributed by atoms with van der Waals surface area (Å²) in [5.74, 6) is 0.611. The highest BCUT2D eigenvalue weighted by atomic mass is 35.5. The maximum atomic E-state index is 9.43. The molecule has 0 saturated heterocycles. The molecule has 1 atom stereocenters. The van der Waals surface area contributed by atoms with E-state index in [0.29, 0.717) is 16.4 Å². The zero-order valence-corrected chi connectivity index (χ0v) is 12.7. The lowest BCUT2D eigenvalue weighted by Gasteiger charge is -2.28. The molecule has 1 aromatic heterocycles. The van der Waals surface area contributed by atoms with Gasteiger partial charge in [-0.1, -0.05) is 35.3 Å². The smallest absolute Gasteiger partial charge is 0.140 e. The predicted octanol–water partition coefficient (Wildman–Crippen LogP) is 3.47. The molecule has 0 radical (unpaired) electrons. The zero-order chi connectivity index (χ0) is 14.7. The lowest BCUT2D eigenvalue weighted by molar-refractivity contribution is 0.281. The van der Waals surface area contributed by atoms with Gasteiger partial charge in [-0.2, -0.15) is 0 Å². The van der Waals surface area contributed by atoms with E-state index in [9.17, 15) is 5.11 Å². The van der Waals surface area contributed by atoms with Crippen LogP contribution < -0.4 is 4.90 Å². The van der Waals surface area contributed by atoms with E-state index in [1.165, 1.54) is 6.33 Å². The third kappa shape index (κ3) is 3.03. The van der Waals surface area contributed by atoms with Crippen molar-refractivity contribution in [2.24, 2.45) is 0 Å². The van der Waals surface area contributed by atoms with Crippen molar-refractivity contribution < 1.29 is 5.11 Å². The fourth-order valence-corrected chi connectivity index (χ4v) is 2.38. The summed E-state index contributed by atoms with van der Waals surface area (Å²) in [4.78, 5) is 10.0. The average molecular weight is 312 g/mol. The molecule has 1 heterocycles. The third-order valence-electron chi connectivity index (χ3n) is 3.27. The summed E-state index contributed by atoms with van der Waals surface area (Å²) in [6.07, 6.45) is 1.39. The standard InChI is InChI=1S/C14H15Cl2N3O/c1-9(10-4-3-5-11(15)6-10)19(2)14-12(7-20)13(16)17-8-18-14/h3-6,8-9,20H,7H2,1-2H3. The van der Waals surface area contributed by atoms with Crippen molar-refractivity contribution in [2.45, 2.75) is 19.6 Å². The number of benzene rings is 1. The third-order valence-corrected chi connectivity index (χ3v) is 3.84. The Labute approximate surface area is 128 Å². The molecule has 0 fully saturated rings. The SMILES string of the molecule is CC(c1cccc(Cl)c1)N(C)c1ncnc(Cl)c1CO. The van der Waals surface area contributed by atoms with Crippen molar-refractivity contribution in [3.05, 3.63) is 51.9 Å². The summed E-state index contributed by atoms with van der Waals surface area (Å²) in [6, 6.07) is 7.67. The number of aliphatic hydroxyl groups excluding tert-OH is 1. The highest BCUT2D eigenvalue weighted by Crippen LogP contribution is 2.29. The molecule has 106 valence electrons. The van der Waals surface area contributed by atoms with Crippen LogP contribution in [0.2, 0.25) is 10.2 Å². The summed E-state index contributed by atoms with van der Waals surface area (Å²) in [5.41, 5.74) is 1.57. The van der Waals surface area contributed by atoms with Gasteiger partial charge in [-0.05, 0) is 24.6 Å². The molecule has 0 spiro atoms. The summed E-state index contributed by atoms with van der Waals surface area (Å²) >= 11 is 12.0. The zero-order valence-electron chi connectivity index (χ0n) is 11.2. The van der Waals surface area contributed by atoms with E-state index in [1.807, 2.05) is 43.1 Å². The molecule has 0 aliphatic rings. The van der Waals surface area contributed by atoms with Gasteiger partial charge in [0.25, 0.3) is 0 Å². The van der Waals surface area contributed by atoms with Gasteiger partial charge in [-0.3, -0.25) is 0 Å². The highest BCUT2D eigenvalue weighted by Gasteiger charge is 2.18. The normalized spacial score (nSPS) is 12.2. The number of hydrogen-bond donors (Lipinski definition) is 1. The molecule has 20 heavy (non-hydrogen) atoms. The van der Waals surface area contributed by atoms with E-state index in [2.05, 4.69) is 9.97 Å². The lowest BCUT2D eigenvalue weighted by atomic mass is 10.1. The molecule has 1 aromatic carbocycles. The van der Waals surface area contributed by atoms with Crippen molar-refractivity contribution >= 4 is 29.0 Å². The van der Waals surface area contributed by atoms with Crippen LogP contribution in [0.25, 0.3) is 0 Å². The maximum absolute atomic E-state index is 9.43. The summed E-state index contributed by atoms with van der Waals surface area (Å²) in [5, 5.41) is 10.4. The monoisotopic (exact) mass is 311 g/mol. The van der Waals surface area contributed by atoms with Crippen LogP contribution in [0.4, 0.5) is 5.82 Å². The summed E-state index contributed by atoms with van der Waals surface area (Å²) in [6.45, 7) is 1.82. The van der Waals surface area contributed by atoms with Crippen LogP contribution in [0.1, 0.15) is 24.1 Å². The van der Waals surface area contributed by atoms with E-state index in [1.54, 1.807) is 0 Å². The molecular weight excluding hydrogens is 297 g/mol. The number of halogens is 2. The topological polar surface area (TPSA) is 49.2 Å². The molecule has 1 N–H and O–H groups in total. The quantitative estimate of drug-likeness (QED) is 0.878. The Morgan fingerprint density at radius 3 is 2.70 bits per heavy atom. The van der Waals surface area contributed by atoms with E-state index in [4.69, 9.17) is 23.2 Å². The Morgan fingerprint density at radius 1 is 1.30 bits per heavy atom. The van der Waals surface area contributed by atoms with Crippen molar-refractivity contribution in [2.75, 3.05) is 11.9 Å². The molecule has 0 amide bonds. The van der Waals surface area contributed by atoms with Gasteiger partial charge in [-0.25, -0.2) is 9.97 Å². The number of rotatable bonds is 4. The average Bonchev–Trinajstić information content (AvgIpc) is 2.45. The van der Waals surface area contributed by atoms with Crippen LogP contribution in [-0.4, -0.2) is 22.1 Å². The first-order chi connectivity index (χ1) is 9.54. The van der Waals surface area contributed by atoms with Gasteiger partial charge in [0.2, 0.25) is 0 Å². The van der Waals surface area contributed by atoms with Crippen LogP contribution in [-0.2, 0) is 6.61 Å². The Balaban J connectivity index is 2.36. The van der Waals surface area contributed by atoms with Gasteiger partial charge in [-0.15, -0.1) is 0 Å². The molecule has 0 bridgehead atoms. The van der Waals surface area contributed by atoms with E-state index >= 15 is 0 Å². The van der Waals surface area contributed by atoms with Gasteiger partial charge in [0, 0.05) is 12.1 Å². The fourth-order valence-electron chi connectivity index (χ4n) is 2.00. The number of hydrogen-bond acceptors (Lipinski definition) is 4. The Hall–Kier alpha value is -1.36. The molecule has 6 heteroatoms. The van der Waals surface area contributed by atoms with Gasteiger partial charge in [0.15, 0.2) is 0 Å². The first kappa shape index (κ1) is 15.0.